The van der Waals surface area contributed by atoms with Gasteiger partial charge in [0.25, 0.3) is 0 Å². The number of primary sulfonamides is 1. The Morgan fingerprint density at radius 1 is 1.47 bits per heavy atom. The molecular weight excluding hydrogens is 293 g/mol. The lowest BCUT2D eigenvalue weighted by Crippen LogP contribution is -2.42. The molecule has 1 heterocycles. The van der Waals surface area contributed by atoms with Crippen LogP contribution in [0.1, 0.15) is 12.0 Å². The van der Waals surface area contributed by atoms with Gasteiger partial charge in [-0.2, -0.15) is 0 Å². The molecule has 4 nitrogen and oxygen atoms in total. The zero-order valence-electron chi connectivity index (χ0n) is 10.2. The van der Waals surface area contributed by atoms with Gasteiger partial charge in [-0.15, -0.1) is 0 Å². The van der Waals surface area contributed by atoms with E-state index in [1.165, 1.54) is 12.1 Å². The van der Waals surface area contributed by atoms with Crippen molar-refractivity contribution in [1.82, 2.24) is 0 Å². The van der Waals surface area contributed by atoms with Gasteiger partial charge >= 0.3 is 0 Å². The molecule has 2 atom stereocenters. The maximum atomic E-state index is 13.7. The third-order valence-corrected chi connectivity index (χ3v) is 5.17. The van der Waals surface area contributed by atoms with E-state index in [9.17, 15) is 12.8 Å². The van der Waals surface area contributed by atoms with Gasteiger partial charge in [0.15, 0.2) is 0 Å². The number of rotatable bonds is 3. The minimum Gasteiger partial charge on any atom is -0.381 e. The van der Waals surface area contributed by atoms with Crippen molar-refractivity contribution in [1.29, 1.82) is 0 Å². The summed E-state index contributed by atoms with van der Waals surface area (Å²) >= 11 is 5.95. The minimum absolute atomic E-state index is 0.201. The molecule has 0 saturated carbocycles. The fourth-order valence-corrected chi connectivity index (χ4v) is 3.77. The van der Waals surface area contributed by atoms with E-state index in [1.807, 2.05) is 0 Å². The molecular formula is C12H15ClFNO3S. The summed E-state index contributed by atoms with van der Waals surface area (Å²) in [6.45, 7) is 0.592. The number of sulfonamides is 1. The third kappa shape index (κ3) is 3.45. The van der Waals surface area contributed by atoms with Gasteiger partial charge in [0.2, 0.25) is 10.0 Å². The Labute approximate surface area is 116 Å². The molecule has 106 valence electrons. The van der Waals surface area contributed by atoms with Crippen LogP contribution in [0.2, 0.25) is 5.02 Å². The molecule has 19 heavy (non-hydrogen) atoms. The van der Waals surface area contributed by atoms with Crippen LogP contribution < -0.4 is 5.14 Å². The smallest absolute Gasteiger partial charge is 0.212 e. The topological polar surface area (TPSA) is 69.4 Å². The van der Waals surface area contributed by atoms with E-state index in [0.29, 0.717) is 23.6 Å². The molecule has 1 saturated heterocycles. The molecule has 0 unspecified atom stereocenters. The van der Waals surface area contributed by atoms with Crippen LogP contribution in [0.3, 0.4) is 0 Å². The molecule has 1 aromatic rings. The van der Waals surface area contributed by atoms with Crippen LogP contribution in [0.15, 0.2) is 18.2 Å². The highest BCUT2D eigenvalue weighted by atomic mass is 35.5. The monoisotopic (exact) mass is 307 g/mol. The van der Waals surface area contributed by atoms with Crippen molar-refractivity contribution in [2.45, 2.75) is 18.1 Å². The molecule has 0 spiro atoms. The van der Waals surface area contributed by atoms with Crippen molar-refractivity contribution in [3.8, 4) is 0 Å². The quantitative estimate of drug-likeness (QED) is 0.924. The van der Waals surface area contributed by atoms with Crippen molar-refractivity contribution in [3.63, 3.8) is 0 Å². The number of nitrogens with two attached hydrogens (primary N) is 1. The van der Waals surface area contributed by atoms with Crippen LogP contribution in [0.4, 0.5) is 4.39 Å². The van der Waals surface area contributed by atoms with Gasteiger partial charge in [-0.3, -0.25) is 0 Å². The Hall–Kier alpha value is -0.690. The first-order chi connectivity index (χ1) is 8.89. The Morgan fingerprint density at radius 3 is 2.84 bits per heavy atom. The normalized spacial score (nSPS) is 24.4. The Balaban J connectivity index is 2.25. The van der Waals surface area contributed by atoms with E-state index in [4.69, 9.17) is 21.5 Å². The zero-order chi connectivity index (χ0) is 14.0. The molecule has 7 heteroatoms. The number of halogens is 2. The summed E-state index contributed by atoms with van der Waals surface area (Å²) in [6, 6.07) is 4.39. The molecule has 0 amide bonds. The van der Waals surface area contributed by atoms with Crippen molar-refractivity contribution in [2.24, 2.45) is 11.1 Å². The summed E-state index contributed by atoms with van der Waals surface area (Å²) in [6.07, 6.45) is 0.530. The highest BCUT2D eigenvalue weighted by molar-refractivity contribution is 7.89. The van der Waals surface area contributed by atoms with Crippen LogP contribution in [0.25, 0.3) is 0 Å². The highest BCUT2D eigenvalue weighted by Gasteiger charge is 2.34. The summed E-state index contributed by atoms with van der Waals surface area (Å²) in [5.41, 5.74) is 0.313. The second kappa shape index (κ2) is 5.75. The fraction of sp³-hybridized carbons (Fsp3) is 0.500. The Bertz CT molecular complexity index is 544. The third-order valence-electron chi connectivity index (χ3n) is 3.35. The average molecular weight is 308 g/mol. The second-order valence-corrected chi connectivity index (χ2v) is 6.85. The summed E-state index contributed by atoms with van der Waals surface area (Å²) in [4.78, 5) is 0. The minimum atomic E-state index is -3.67. The van der Waals surface area contributed by atoms with Gasteiger partial charge in [0.1, 0.15) is 5.82 Å². The molecule has 1 fully saturated rings. The van der Waals surface area contributed by atoms with Crippen molar-refractivity contribution >= 4 is 21.6 Å². The summed E-state index contributed by atoms with van der Waals surface area (Å²) < 4.78 is 42.1. The number of ether oxygens (including phenoxy) is 1. The molecule has 2 rings (SSSR count). The van der Waals surface area contributed by atoms with E-state index < -0.39 is 21.1 Å². The van der Waals surface area contributed by atoms with E-state index in [0.717, 1.165) is 0 Å². The molecule has 1 aliphatic heterocycles. The maximum Gasteiger partial charge on any atom is 0.212 e. The lowest BCUT2D eigenvalue weighted by atomic mass is 9.93. The maximum absolute atomic E-state index is 13.7. The van der Waals surface area contributed by atoms with E-state index >= 15 is 0 Å². The van der Waals surface area contributed by atoms with Crippen LogP contribution in [0, 0.1) is 11.7 Å². The molecule has 0 aromatic heterocycles. The number of hydrogen-bond donors (Lipinski definition) is 1. The predicted molar refractivity (Wildman–Crippen MR) is 70.9 cm³/mol. The van der Waals surface area contributed by atoms with Gasteiger partial charge in [-0.1, -0.05) is 17.7 Å². The van der Waals surface area contributed by atoms with Crippen molar-refractivity contribution in [3.05, 3.63) is 34.6 Å². The van der Waals surface area contributed by atoms with Gasteiger partial charge in [-0.25, -0.2) is 17.9 Å². The van der Waals surface area contributed by atoms with Crippen LogP contribution >= 0.6 is 11.6 Å². The SMILES string of the molecule is NS(=O)(=O)[C@H]1CCOC[C@@H]1Cc1c(F)cccc1Cl. The fourth-order valence-electron chi connectivity index (χ4n) is 2.39. The van der Waals surface area contributed by atoms with E-state index in [1.54, 1.807) is 6.07 Å². The molecule has 2 N–H and O–H groups in total. The zero-order valence-corrected chi connectivity index (χ0v) is 11.8. The molecule has 0 bridgehead atoms. The second-order valence-electron chi connectivity index (χ2n) is 4.66. The van der Waals surface area contributed by atoms with Crippen LogP contribution in [-0.4, -0.2) is 26.9 Å². The first-order valence-corrected chi connectivity index (χ1v) is 7.90. The summed E-state index contributed by atoms with van der Waals surface area (Å²) in [5, 5.41) is 4.80. The van der Waals surface area contributed by atoms with Gasteiger partial charge < -0.3 is 4.74 Å². The lowest BCUT2D eigenvalue weighted by molar-refractivity contribution is 0.0570. The first-order valence-electron chi connectivity index (χ1n) is 5.92. The molecule has 1 aliphatic rings. The molecule has 1 aromatic carbocycles. The number of hydrogen-bond acceptors (Lipinski definition) is 3. The van der Waals surface area contributed by atoms with Crippen molar-refractivity contribution < 1.29 is 17.5 Å². The first kappa shape index (κ1) is 14.7. The lowest BCUT2D eigenvalue weighted by Gasteiger charge is -2.30. The van der Waals surface area contributed by atoms with E-state index in [2.05, 4.69) is 0 Å². The predicted octanol–water partition coefficient (Wildman–Crippen LogP) is 1.72. The molecule has 0 radical (unpaired) electrons. The van der Waals surface area contributed by atoms with Gasteiger partial charge in [-0.05, 0) is 25.0 Å². The van der Waals surface area contributed by atoms with Gasteiger partial charge in [0, 0.05) is 23.1 Å². The average Bonchev–Trinajstić information content (AvgIpc) is 2.33. The van der Waals surface area contributed by atoms with Crippen LogP contribution in [0.5, 0.6) is 0 Å². The van der Waals surface area contributed by atoms with Crippen LogP contribution in [-0.2, 0) is 21.2 Å². The summed E-state index contributed by atoms with van der Waals surface area (Å²) in [5.74, 6) is -0.815. The Morgan fingerprint density at radius 2 is 2.21 bits per heavy atom. The Kier molecular flexibility index (Phi) is 4.45. The van der Waals surface area contributed by atoms with E-state index in [-0.39, 0.29) is 18.9 Å². The highest BCUT2D eigenvalue weighted by Crippen LogP contribution is 2.28. The number of benzene rings is 1. The van der Waals surface area contributed by atoms with Gasteiger partial charge in [0.05, 0.1) is 11.9 Å². The molecule has 0 aliphatic carbocycles. The standard InChI is InChI=1S/C12H15ClFNO3S/c13-10-2-1-3-11(14)9(10)6-8-7-18-5-4-12(8)19(15,16)17/h1-3,8,12H,4-7H2,(H2,15,16,17)/t8-,12-/m0/s1. The van der Waals surface area contributed by atoms with Crippen molar-refractivity contribution in [2.75, 3.05) is 13.2 Å². The largest absolute Gasteiger partial charge is 0.381 e. The summed E-state index contributed by atoms with van der Waals surface area (Å²) in [7, 11) is -3.67.